The second-order valence-corrected chi connectivity index (χ2v) is 5.25. The molecule has 114 valence electrons. The van der Waals surface area contributed by atoms with E-state index in [9.17, 15) is 14.7 Å². The molecule has 21 heavy (non-hydrogen) atoms. The Labute approximate surface area is 122 Å². The van der Waals surface area contributed by atoms with Crippen LogP contribution in [0.2, 0.25) is 0 Å². The second-order valence-electron chi connectivity index (χ2n) is 5.25. The minimum atomic E-state index is -1.39. The lowest BCUT2D eigenvalue weighted by atomic mass is 10.2. The van der Waals surface area contributed by atoms with Crippen molar-refractivity contribution in [1.82, 2.24) is 0 Å². The van der Waals surface area contributed by atoms with Gasteiger partial charge >= 0.3 is 5.97 Å². The number of hydrogen-bond acceptors (Lipinski definition) is 6. The zero-order chi connectivity index (χ0) is 15.5. The van der Waals surface area contributed by atoms with Crippen molar-refractivity contribution < 1.29 is 28.9 Å². The molecule has 1 fully saturated rings. The topological polar surface area (TPSA) is 82.1 Å². The molecule has 6 heteroatoms. The van der Waals surface area contributed by atoms with Crippen molar-refractivity contribution in [3.8, 4) is 0 Å². The van der Waals surface area contributed by atoms with E-state index in [1.807, 2.05) is 0 Å². The number of benzene rings is 1. The molecule has 0 amide bonds. The largest absolute Gasteiger partial charge is 0.459 e. The fraction of sp³-hybridized carbons (Fsp3) is 0.467. The van der Waals surface area contributed by atoms with Gasteiger partial charge in [0.25, 0.3) is 0 Å². The third kappa shape index (κ3) is 4.63. The maximum absolute atomic E-state index is 11.8. The van der Waals surface area contributed by atoms with Gasteiger partial charge in [-0.25, -0.2) is 4.79 Å². The normalized spacial score (nSPS) is 22.3. The fourth-order valence-electron chi connectivity index (χ4n) is 1.94. The van der Waals surface area contributed by atoms with Gasteiger partial charge in [-0.2, -0.15) is 0 Å². The molecule has 0 radical (unpaired) electrons. The van der Waals surface area contributed by atoms with Gasteiger partial charge in [0.2, 0.25) is 0 Å². The van der Waals surface area contributed by atoms with Gasteiger partial charge in [-0.05, 0) is 26.0 Å². The molecule has 1 aliphatic rings. The molecule has 0 aliphatic carbocycles. The molecule has 1 N–H and O–H groups in total. The Morgan fingerprint density at radius 2 is 2.05 bits per heavy atom. The number of Topliss-reactive ketones (excluding diaryl/α,β-unsaturated/α-hetero) is 1. The summed E-state index contributed by atoms with van der Waals surface area (Å²) in [5, 5.41) is 9.52. The first kappa shape index (κ1) is 15.6. The molecule has 1 aromatic rings. The lowest BCUT2D eigenvalue weighted by Gasteiger charge is -2.22. The van der Waals surface area contributed by atoms with Crippen LogP contribution in [0.5, 0.6) is 0 Å². The molecule has 1 heterocycles. The van der Waals surface area contributed by atoms with Gasteiger partial charge in [0.15, 0.2) is 24.0 Å². The van der Waals surface area contributed by atoms with E-state index < -0.39 is 24.2 Å². The Morgan fingerprint density at radius 1 is 1.38 bits per heavy atom. The molecule has 0 spiro atoms. The first-order valence-electron chi connectivity index (χ1n) is 6.66. The predicted octanol–water partition coefficient (Wildman–Crippen LogP) is 1.27. The Kier molecular flexibility index (Phi) is 4.72. The SMILES string of the molecule is CC(C)(O)O[C@@H]1CC(=O)[C@@H](COC(=O)c2ccccc2)O1. The lowest BCUT2D eigenvalue weighted by Crippen LogP contribution is -2.31. The van der Waals surface area contributed by atoms with Crippen LogP contribution in [0.3, 0.4) is 0 Å². The number of carbonyl (C=O) groups is 2. The van der Waals surface area contributed by atoms with Crippen molar-refractivity contribution in [3.63, 3.8) is 0 Å². The van der Waals surface area contributed by atoms with Crippen LogP contribution < -0.4 is 0 Å². The maximum atomic E-state index is 11.8. The van der Waals surface area contributed by atoms with Crippen molar-refractivity contribution in [2.45, 2.75) is 38.4 Å². The van der Waals surface area contributed by atoms with Gasteiger partial charge in [-0.3, -0.25) is 4.79 Å². The molecular weight excluding hydrogens is 276 g/mol. The molecule has 1 aromatic carbocycles. The quantitative estimate of drug-likeness (QED) is 0.650. The summed E-state index contributed by atoms with van der Waals surface area (Å²) in [5.74, 6) is -2.12. The lowest BCUT2D eigenvalue weighted by molar-refractivity contribution is -0.270. The van der Waals surface area contributed by atoms with Gasteiger partial charge in [-0.15, -0.1) is 0 Å². The van der Waals surface area contributed by atoms with Gasteiger partial charge in [0.1, 0.15) is 6.61 Å². The van der Waals surface area contributed by atoms with Crippen LogP contribution in [0.25, 0.3) is 0 Å². The monoisotopic (exact) mass is 294 g/mol. The van der Waals surface area contributed by atoms with Crippen molar-refractivity contribution in [2.75, 3.05) is 6.61 Å². The number of esters is 1. The van der Waals surface area contributed by atoms with Crippen LogP contribution in [-0.4, -0.2) is 41.6 Å². The summed E-state index contributed by atoms with van der Waals surface area (Å²) >= 11 is 0. The van der Waals surface area contributed by atoms with Crippen LogP contribution in [0, 0.1) is 0 Å². The highest BCUT2D eigenvalue weighted by Crippen LogP contribution is 2.22. The number of carbonyl (C=O) groups excluding carboxylic acids is 2. The Bertz CT molecular complexity index is 505. The van der Waals surface area contributed by atoms with Crippen LogP contribution >= 0.6 is 0 Å². The van der Waals surface area contributed by atoms with E-state index >= 15 is 0 Å². The predicted molar refractivity (Wildman–Crippen MR) is 72.4 cm³/mol. The smallest absolute Gasteiger partial charge is 0.338 e. The minimum absolute atomic E-state index is 0.0253. The van der Waals surface area contributed by atoms with E-state index in [2.05, 4.69) is 0 Å². The first-order chi connectivity index (χ1) is 9.85. The second kappa shape index (κ2) is 6.34. The van der Waals surface area contributed by atoms with E-state index in [1.54, 1.807) is 30.3 Å². The van der Waals surface area contributed by atoms with Crippen molar-refractivity contribution >= 4 is 11.8 Å². The summed E-state index contributed by atoms with van der Waals surface area (Å²) in [4.78, 5) is 23.5. The summed E-state index contributed by atoms with van der Waals surface area (Å²) < 4.78 is 15.5. The van der Waals surface area contributed by atoms with E-state index in [4.69, 9.17) is 14.2 Å². The Hall–Kier alpha value is -1.76. The molecule has 0 saturated carbocycles. The number of ether oxygens (including phenoxy) is 3. The van der Waals surface area contributed by atoms with Crippen LogP contribution in [0.15, 0.2) is 30.3 Å². The van der Waals surface area contributed by atoms with Gasteiger partial charge in [0, 0.05) is 0 Å². The molecule has 0 bridgehead atoms. The van der Waals surface area contributed by atoms with Crippen LogP contribution in [0.1, 0.15) is 30.6 Å². The molecule has 1 aliphatic heterocycles. The Balaban J connectivity index is 1.84. The summed E-state index contributed by atoms with van der Waals surface area (Å²) in [6, 6.07) is 8.49. The van der Waals surface area contributed by atoms with E-state index in [1.165, 1.54) is 13.8 Å². The fourth-order valence-corrected chi connectivity index (χ4v) is 1.94. The standard InChI is InChI=1S/C15H18O6/c1-15(2,18)21-13-8-11(16)12(20-13)9-19-14(17)10-6-4-3-5-7-10/h3-7,12-13,18H,8-9H2,1-2H3/t12-,13-/m1/s1. The van der Waals surface area contributed by atoms with Crippen molar-refractivity contribution in [2.24, 2.45) is 0 Å². The summed E-state index contributed by atoms with van der Waals surface area (Å²) in [6.45, 7) is 2.73. The molecule has 1 saturated heterocycles. The van der Waals surface area contributed by atoms with E-state index in [-0.39, 0.29) is 18.8 Å². The third-order valence-electron chi connectivity index (χ3n) is 2.84. The molecular formula is C15H18O6. The number of hydrogen-bond donors (Lipinski definition) is 1. The number of rotatable bonds is 5. The molecule has 2 atom stereocenters. The van der Waals surface area contributed by atoms with Crippen molar-refractivity contribution in [3.05, 3.63) is 35.9 Å². The number of ketones is 1. The maximum Gasteiger partial charge on any atom is 0.338 e. The van der Waals surface area contributed by atoms with Gasteiger partial charge < -0.3 is 19.3 Å². The molecule has 0 aromatic heterocycles. The van der Waals surface area contributed by atoms with E-state index in [0.29, 0.717) is 5.56 Å². The van der Waals surface area contributed by atoms with Crippen LogP contribution in [0.4, 0.5) is 0 Å². The summed E-state index contributed by atoms with van der Waals surface area (Å²) in [7, 11) is 0. The Morgan fingerprint density at radius 3 is 2.67 bits per heavy atom. The summed E-state index contributed by atoms with van der Waals surface area (Å²) in [5.41, 5.74) is 0.409. The number of aliphatic hydroxyl groups is 1. The zero-order valence-corrected chi connectivity index (χ0v) is 11.9. The molecule has 2 rings (SSSR count). The average Bonchev–Trinajstić information content (AvgIpc) is 2.74. The van der Waals surface area contributed by atoms with E-state index in [0.717, 1.165) is 0 Å². The van der Waals surface area contributed by atoms with Crippen molar-refractivity contribution in [1.29, 1.82) is 0 Å². The highest BCUT2D eigenvalue weighted by Gasteiger charge is 2.37. The highest BCUT2D eigenvalue weighted by molar-refractivity contribution is 5.90. The minimum Gasteiger partial charge on any atom is -0.459 e. The highest BCUT2D eigenvalue weighted by atomic mass is 16.7. The van der Waals surface area contributed by atoms with Crippen LogP contribution in [-0.2, 0) is 19.0 Å². The third-order valence-corrected chi connectivity index (χ3v) is 2.84. The van der Waals surface area contributed by atoms with Gasteiger partial charge in [-0.1, -0.05) is 18.2 Å². The average molecular weight is 294 g/mol. The summed E-state index contributed by atoms with van der Waals surface area (Å²) in [6.07, 6.45) is -1.65. The van der Waals surface area contributed by atoms with Gasteiger partial charge in [0.05, 0.1) is 12.0 Å². The molecule has 6 nitrogen and oxygen atoms in total. The zero-order valence-electron chi connectivity index (χ0n) is 11.9. The first-order valence-corrected chi connectivity index (χ1v) is 6.66. The molecule has 0 unspecified atom stereocenters.